The Labute approximate surface area is 132 Å². The first-order chi connectivity index (χ1) is 10.7. The van der Waals surface area contributed by atoms with Crippen LogP contribution in [0.15, 0.2) is 24.4 Å². The minimum Gasteiger partial charge on any atom is -0.442 e. The number of benzene rings is 1. The first kappa shape index (κ1) is 15.0. The van der Waals surface area contributed by atoms with Crippen LogP contribution in [0.5, 0.6) is 0 Å². The number of hydrogen-bond donors (Lipinski definition) is 1. The zero-order valence-electron chi connectivity index (χ0n) is 13.4. The first-order valence-corrected chi connectivity index (χ1v) is 7.13. The van der Waals surface area contributed by atoms with Crippen LogP contribution in [0.25, 0.3) is 22.2 Å². The first-order valence-electron chi connectivity index (χ1n) is 7.13. The van der Waals surface area contributed by atoms with Crippen molar-refractivity contribution >= 4 is 22.8 Å². The van der Waals surface area contributed by atoms with E-state index in [1.807, 2.05) is 12.1 Å². The van der Waals surface area contributed by atoms with E-state index in [0.717, 1.165) is 11.3 Å². The molecular formula is C15H18N6O2. The lowest BCUT2D eigenvalue weighted by molar-refractivity contribution is 0.0523. The Morgan fingerprint density at radius 3 is 2.65 bits per heavy atom. The number of nitrogens with two attached hydrogens (primary N) is 1. The van der Waals surface area contributed by atoms with Crippen molar-refractivity contribution in [2.45, 2.75) is 26.4 Å². The van der Waals surface area contributed by atoms with E-state index in [9.17, 15) is 4.79 Å². The van der Waals surface area contributed by atoms with Crippen LogP contribution in [-0.4, -0.2) is 36.5 Å². The van der Waals surface area contributed by atoms with Crippen LogP contribution < -0.4 is 5.73 Å². The van der Waals surface area contributed by atoms with Gasteiger partial charge in [0.2, 0.25) is 0 Å². The number of anilines is 1. The van der Waals surface area contributed by atoms with Crippen molar-refractivity contribution in [1.82, 2.24) is 24.8 Å². The molecular weight excluding hydrogens is 296 g/mol. The molecule has 3 rings (SSSR count). The van der Waals surface area contributed by atoms with Gasteiger partial charge in [-0.15, -0.1) is 10.2 Å². The van der Waals surface area contributed by atoms with E-state index in [1.165, 1.54) is 4.68 Å². The summed E-state index contributed by atoms with van der Waals surface area (Å²) < 4.78 is 8.14. The predicted molar refractivity (Wildman–Crippen MR) is 85.8 cm³/mol. The van der Waals surface area contributed by atoms with E-state index in [0.29, 0.717) is 10.9 Å². The zero-order chi connectivity index (χ0) is 16.8. The molecule has 0 radical (unpaired) electrons. The summed E-state index contributed by atoms with van der Waals surface area (Å²) in [6, 6.07) is 5.45. The monoisotopic (exact) mass is 314 g/mol. The molecule has 8 heteroatoms. The minimum atomic E-state index is -0.607. The van der Waals surface area contributed by atoms with Crippen molar-refractivity contribution in [3.8, 4) is 11.3 Å². The summed E-state index contributed by atoms with van der Waals surface area (Å²) in [6.07, 6.45) is 1.24. The van der Waals surface area contributed by atoms with Gasteiger partial charge in [0.15, 0.2) is 5.82 Å². The maximum absolute atomic E-state index is 12.2. The number of aryl methyl sites for hydroxylation is 1. The molecule has 120 valence electrons. The second kappa shape index (κ2) is 5.08. The summed E-state index contributed by atoms with van der Waals surface area (Å²) >= 11 is 0. The van der Waals surface area contributed by atoms with Crippen molar-refractivity contribution in [2.75, 3.05) is 5.73 Å². The largest absolute Gasteiger partial charge is 0.442 e. The standard InChI is InChI=1S/C15H18N6O2/c1-15(2,3)23-14(22)21-12-6-5-9(7-10(12)13(16)18-21)11-8-20(4)19-17-11/h5-8H,1-4H3,(H2,16,18). The Hall–Kier alpha value is -2.90. The van der Waals surface area contributed by atoms with Crippen LogP contribution in [-0.2, 0) is 11.8 Å². The molecule has 8 nitrogen and oxygen atoms in total. The molecule has 0 aliphatic heterocycles. The normalized spacial score (nSPS) is 11.8. The molecule has 0 amide bonds. The van der Waals surface area contributed by atoms with E-state index in [1.54, 1.807) is 44.8 Å². The zero-order valence-corrected chi connectivity index (χ0v) is 13.4. The molecule has 0 bridgehead atoms. The molecule has 0 atom stereocenters. The van der Waals surface area contributed by atoms with Crippen LogP contribution in [0.1, 0.15) is 20.8 Å². The summed E-state index contributed by atoms with van der Waals surface area (Å²) in [5, 5.41) is 12.7. The van der Waals surface area contributed by atoms with Crippen molar-refractivity contribution < 1.29 is 9.53 Å². The van der Waals surface area contributed by atoms with E-state index >= 15 is 0 Å². The van der Waals surface area contributed by atoms with Gasteiger partial charge in [-0.05, 0) is 32.9 Å². The van der Waals surface area contributed by atoms with Crippen LogP contribution in [0.4, 0.5) is 10.6 Å². The highest BCUT2D eigenvalue weighted by Crippen LogP contribution is 2.27. The lowest BCUT2D eigenvalue weighted by atomic mass is 10.1. The lowest BCUT2D eigenvalue weighted by Crippen LogP contribution is -2.27. The number of carbonyl (C=O) groups excluding carboxylic acids is 1. The van der Waals surface area contributed by atoms with Gasteiger partial charge in [0.25, 0.3) is 0 Å². The average Bonchev–Trinajstić information content (AvgIpc) is 3.01. The van der Waals surface area contributed by atoms with E-state index in [2.05, 4.69) is 15.4 Å². The van der Waals surface area contributed by atoms with Gasteiger partial charge in [-0.3, -0.25) is 4.68 Å². The van der Waals surface area contributed by atoms with Crippen molar-refractivity contribution in [3.63, 3.8) is 0 Å². The van der Waals surface area contributed by atoms with Gasteiger partial charge in [-0.25, -0.2) is 4.79 Å². The second-order valence-electron chi connectivity index (χ2n) is 6.29. The number of fused-ring (bicyclic) bond motifs is 1. The van der Waals surface area contributed by atoms with Gasteiger partial charge in [-0.1, -0.05) is 11.3 Å². The second-order valence-corrected chi connectivity index (χ2v) is 6.29. The Bertz CT molecular complexity index is 887. The number of hydrogen-bond acceptors (Lipinski definition) is 6. The van der Waals surface area contributed by atoms with Crippen molar-refractivity contribution in [1.29, 1.82) is 0 Å². The maximum Gasteiger partial charge on any atom is 0.435 e. The molecule has 1 aromatic carbocycles. The van der Waals surface area contributed by atoms with Gasteiger partial charge >= 0.3 is 6.09 Å². The molecule has 0 saturated carbocycles. The van der Waals surface area contributed by atoms with Gasteiger partial charge in [0.1, 0.15) is 11.3 Å². The number of ether oxygens (including phenoxy) is 1. The Balaban J connectivity index is 2.05. The van der Waals surface area contributed by atoms with Crippen molar-refractivity contribution in [2.24, 2.45) is 7.05 Å². The highest BCUT2D eigenvalue weighted by atomic mass is 16.6. The van der Waals surface area contributed by atoms with Crippen LogP contribution in [0, 0.1) is 0 Å². The molecule has 0 aliphatic carbocycles. The molecule has 0 unspecified atom stereocenters. The minimum absolute atomic E-state index is 0.261. The molecule has 2 aromatic heterocycles. The lowest BCUT2D eigenvalue weighted by Gasteiger charge is -2.19. The van der Waals surface area contributed by atoms with Crippen LogP contribution in [0.2, 0.25) is 0 Å². The Kier molecular flexibility index (Phi) is 3.32. The third-order valence-corrected chi connectivity index (χ3v) is 3.17. The van der Waals surface area contributed by atoms with Crippen LogP contribution in [0.3, 0.4) is 0 Å². The maximum atomic E-state index is 12.2. The van der Waals surface area contributed by atoms with E-state index in [-0.39, 0.29) is 5.82 Å². The number of nitrogen functional groups attached to an aromatic ring is 1. The molecule has 2 N–H and O–H groups in total. The van der Waals surface area contributed by atoms with Gasteiger partial charge in [-0.2, -0.15) is 4.68 Å². The number of nitrogens with zero attached hydrogens (tertiary/aromatic N) is 5. The molecule has 0 spiro atoms. The van der Waals surface area contributed by atoms with Crippen molar-refractivity contribution in [3.05, 3.63) is 24.4 Å². The van der Waals surface area contributed by atoms with Gasteiger partial charge < -0.3 is 10.5 Å². The topological polar surface area (TPSA) is 101 Å². The summed E-state index contributed by atoms with van der Waals surface area (Å²) in [7, 11) is 1.80. The number of rotatable bonds is 1. The average molecular weight is 314 g/mol. The molecule has 3 aromatic rings. The van der Waals surface area contributed by atoms with E-state index in [4.69, 9.17) is 10.5 Å². The molecule has 0 aliphatic rings. The fourth-order valence-corrected chi connectivity index (χ4v) is 2.22. The predicted octanol–water partition coefficient (Wildman–Crippen LogP) is 2.20. The fourth-order valence-electron chi connectivity index (χ4n) is 2.22. The summed E-state index contributed by atoms with van der Waals surface area (Å²) in [5.74, 6) is 0.261. The third kappa shape index (κ3) is 2.87. The highest BCUT2D eigenvalue weighted by Gasteiger charge is 2.21. The summed E-state index contributed by atoms with van der Waals surface area (Å²) in [4.78, 5) is 12.2. The number of carbonyl (C=O) groups is 1. The third-order valence-electron chi connectivity index (χ3n) is 3.17. The Morgan fingerprint density at radius 2 is 2.04 bits per heavy atom. The Morgan fingerprint density at radius 1 is 1.30 bits per heavy atom. The molecule has 0 fully saturated rings. The summed E-state index contributed by atoms with van der Waals surface area (Å²) in [6.45, 7) is 5.39. The molecule has 0 saturated heterocycles. The smallest absolute Gasteiger partial charge is 0.435 e. The summed E-state index contributed by atoms with van der Waals surface area (Å²) in [5.41, 5.74) is 7.50. The van der Waals surface area contributed by atoms with E-state index < -0.39 is 11.7 Å². The molecule has 2 heterocycles. The SMILES string of the molecule is Cn1cc(-c2ccc3c(c2)c(N)nn3C(=O)OC(C)(C)C)nn1. The van der Waals surface area contributed by atoms with Crippen LogP contribution >= 0.6 is 0 Å². The van der Waals surface area contributed by atoms with Gasteiger partial charge in [0, 0.05) is 18.0 Å². The van der Waals surface area contributed by atoms with Gasteiger partial charge in [0.05, 0.1) is 11.7 Å². The number of aromatic nitrogens is 5. The highest BCUT2D eigenvalue weighted by molar-refractivity contribution is 5.97. The quantitative estimate of drug-likeness (QED) is 0.739. The molecule has 23 heavy (non-hydrogen) atoms. The fraction of sp³-hybridized carbons (Fsp3) is 0.333.